The van der Waals surface area contributed by atoms with Crippen LogP contribution in [0.25, 0.3) is 0 Å². The standard InChI is InChI=1S/C24H44OSi/c1-22(2)20-11-10-17-18-9-8-14-23(18,3)15-12-19(17)24(20,4)16-13-21(22)25-26(5,6)7/h17-21H,8-16H2,1-7H3/t17-,18-,19-,20-,21?,23-,24+/m0/s1. The van der Waals surface area contributed by atoms with E-state index >= 15 is 0 Å². The van der Waals surface area contributed by atoms with Gasteiger partial charge in [-0.1, -0.05) is 34.1 Å². The monoisotopic (exact) mass is 376 g/mol. The Kier molecular flexibility index (Phi) is 4.56. The van der Waals surface area contributed by atoms with Crippen LogP contribution in [-0.2, 0) is 4.43 Å². The minimum absolute atomic E-state index is 0.342. The van der Waals surface area contributed by atoms with E-state index in [2.05, 4.69) is 47.3 Å². The van der Waals surface area contributed by atoms with Crippen molar-refractivity contribution in [3.8, 4) is 0 Å². The van der Waals surface area contributed by atoms with E-state index < -0.39 is 8.32 Å². The maximum atomic E-state index is 6.75. The molecule has 4 aliphatic rings. The zero-order valence-electron chi connectivity index (χ0n) is 18.7. The fraction of sp³-hybridized carbons (Fsp3) is 1.00. The third-order valence-electron chi connectivity index (χ3n) is 9.82. The zero-order valence-corrected chi connectivity index (χ0v) is 19.7. The fourth-order valence-corrected chi connectivity index (χ4v) is 9.98. The van der Waals surface area contributed by atoms with Crippen LogP contribution in [0.15, 0.2) is 0 Å². The van der Waals surface area contributed by atoms with E-state index in [0.717, 1.165) is 23.7 Å². The Labute approximate surface area is 164 Å². The Morgan fingerprint density at radius 1 is 0.769 bits per heavy atom. The minimum atomic E-state index is -1.48. The first-order valence-corrected chi connectivity index (χ1v) is 15.1. The van der Waals surface area contributed by atoms with Crippen LogP contribution < -0.4 is 0 Å². The summed E-state index contributed by atoms with van der Waals surface area (Å²) in [5, 5.41) is 0. The second-order valence-electron chi connectivity index (χ2n) is 12.7. The van der Waals surface area contributed by atoms with Crippen molar-refractivity contribution in [3.63, 3.8) is 0 Å². The van der Waals surface area contributed by atoms with Gasteiger partial charge in [-0.05, 0) is 111 Å². The third kappa shape index (κ3) is 2.88. The van der Waals surface area contributed by atoms with Crippen molar-refractivity contribution in [2.45, 2.75) is 111 Å². The van der Waals surface area contributed by atoms with Crippen molar-refractivity contribution < 1.29 is 4.43 Å². The summed E-state index contributed by atoms with van der Waals surface area (Å²) in [4.78, 5) is 0. The molecule has 0 aliphatic heterocycles. The first-order valence-electron chi connectivity index (χ1n) is 11.7. The van der Waals surface area contributed by atoms with E-state index in [-0.39, 0.29) is 0 Å². The van der Waals surface area contributed by atoms with Crippen molar-refractivity contribution in [2.75, 3.05) is 0 Å². The molecule has 4 saturated carbocycles. The summed E-state index contributed by atoms with van der Waals surface area (Å²) in [5.74, 6) is 3.92. The maximum Gasteiger partial charge on any atom is 0.184 e. The van der Waals surface area contributed by atoms with Crippen LogP contribution in [0, 0.1) is 39.9 Å². The van der Waals surface area contributed by atoms with Crippen molar-refractivity contribution in [1.29, 1.82) is 0 Å². The lowest BCUT2D eigenvalue weighted by Crippen LogP contribution is -2.60. The van der Waals surface area contributed by atoms with E-state index in [1.54, 1.807) is 0 Å². The van der Waals surface area contributed by atoms with E-state index in [1.807, 2.05) is 0 Å². The largest absolute Gasteiger partial charge is 0.414 e. The molecule has 150 valence electrons. The highest BCUT2D eigenvalue weighted by atomic mass is 28.4. The number of hydrogen-bond donors (Lipinski definition) is 0. The molecule has 4 aliphatic carbocycles. The van der Waals surface area contributed by atoms with E-state index in [0.29, 0.717) is 22.3 Å². The summed E-state index contributed by atoms with van der Waals surface area (Å²) in [6.07, 6.45) is 13.7. The second kappa shape index (κ2) is 6.09. The van der Waals surface area contributed by atoms with Gasteiger partial charge in [-0.3, -0.25) is 0 Å². The van der Waals surface area contributed by atoms with Crippen molar-refractivity contribution >= 4 is 8.32 Å². The molecule has 2 heteroatoms. The minimum Gasteiger partial charge on any atom is -0.414 e. The van der Waals surface area contributed by atoms with E-state index in [1.165, 1.54) is 57.8 Å². The van der Waals surface area contributed by atoms with Crippen LogP contribution in [0.5, 0.6) is 0 Å². The van der Waals surface area contributed by atoms with Crippen LogP contribution in [0.4, 0.5) is 0 Å². The Morgan fingerprint density at radius 3 is 2.19 bits per heavy atom. The van der Waals surface area contributed by atoms with Gasteiger partial charge in [0.25, 0.3) is 0 Å². The molecule has 0 amide bonds. The van der Waals surface area contributed by atoms with Crippen molar-refractivity contribution in [1.82, 2.24) is 0 Å². The first kappa shape index (κ1) is 19.5. The molecule has 26 heavy (non-hydrogen) atoms. The summed E-state index contributed by atoms with van der Waals surface area (Å²) >= 11 is 0. The van der Waals surface area contributed by atoms with Gasteiger partial charge in [-0.15, -0.1) is 0 Å². The van der Waals surface area contributed by atoms with Gasteiger partial charge in [0.05, 0.1) is 6.10 Å². The lowest BCUT2D eigenvalue weighted by molar-refractivity contribution is -0.171. The SMILES string of the molecule is CC1(C)C(O[Si](C)(C)C)CC[C@]2(C)[C@H]3CC[C@]4(C)CCC[C@H]4[C@@H]3CC[C@@H]12. The quantitative estimate of drug-likeness (QED) is 0.460. The predicted octanol–water partition coefficient (Wildman–Crippen LogP) is 7.28. The van der Waals surface area contributed by atoms with Crippen LogP contribution in [0.3, 0.4) is 0 Å². The molecule has 0 heterocycles. The smallest absolute Gasteiger partial charge is 0.184 e. The molecule has 4 fully saturated rings. The number of fused-ring (bicyclic) bond motifs is 5. The Bertz CT molecular complexity index is 549. The highest BCUT2D eigenvalue weighted by Crippen LogP contribution is 2.68. The highest BCUT2D eigenvalue weighted by molar-refractivity contribution is 6.69. The van der Waals surface area contributed by atoms with E-state index in [4.69, 9.17) is 4.43 Å². The van der Waals surface area contributed by atoms with E-state index in [9.17, 15) is 0 Å². The molecule has 0 radical (unpaired) electrons. The van der Waals surface area contributed by atoms with Gasteiger partial charge in [-0.2, -0.15) is 0 Å². The van der Waals surface area contributed by atoms with Gasteiger partial charge in [0.15, 0.2) is 8.32 Å². The molecule has 0 aromatic heterocycles. The molecule has 0 aromatic carbocycles. The lowest BCUT2D eigenvalue weighted by Gasteiger charge is -2.65. The molecule has 1 unspecified atom stereocenters. The summed E-state index contributed by atoms with van der Waals surface area (Å²) < 4.78 is 6.75. The van der Waals surface area contributed by atoms with Gasteiger partial charge >= 0.3 is 0 Å². The lowest BCUT2D eigenvalue weighted by atomic mass is 9.41. The summed E-state index contributed by atoms with van der Waals surface area (Å²) in [6.45, 7) is 17.6. The van der Waals surface area contributed by atoms with Crippen molar-refractivity contribution in [3.05, 3.63) is 0 Å². The molecule has 7 atom stereocenters. The predicted molar refractivity (Wildman–Crippen MR) is 114 cm³/mol. The molecule has 0 aromatic rings. The Balaban J connectivity index is 1.60. The van der Waals surface area contributed by atoms with Crippen molar-refractivity contribution in [2.24, 2.45) is 39.9 Å². The average Bonchev–Trinajstić information content (AvgIpc) is 2.91. The molecule has 0 N–H and O–H groups in total. The second-order valence-corrected chi connectivity index (χ2v) is 17.1. The Morgan fingerprint density at radius 2 is 1.50 bits per heavy atom. The molecule has 4 rings (SSSR count). The van der Waals surface area contributed by atoms with Crippen LogP contribution in [-0.4, -0.2) is 14.4 Å². The van der Waals surface area contributed by atoms with Gasteiger partial charge in [-0.25, -0.2) is 0 Å². The molecule has 1 nitrogen and oxygen atoms in total. The van der Waals surface area contributed by atoms with Crippen LogP contribution in [0.1, 0.15) is 85.5 Å². The molecule has 0 bridgehead atoms. The normalized spacial score (nSPS) is 50.7. The maximum absolute atomic E-state index is 6.75. The first-order chi connectivity index (χ1) is 12.0. The molecular formula is C24H44OSi. The zero-order chi connectivity index (χ0) is 19.0. The topological polar surface area (TPSA) is 9.23 Å². The summed E-state index contributed by atoms with van der Waals surface area (Å²) in [6, 6.07) is 0. The van der Waals surface area contributed by atoms with Gasteiger partial charge in [0.1, 0.15) is 0 Å². The van der Waals surface area contributed by atoms with Crippen LogP contribution in [0.2, 0.25) is 19.6 Å². The number of hydrogen-bond acceptors (Lipinski definition) is 1. The average molecular weight is 377 g/mol. The van der Waals surface area contributed by atoms with Gasteiger partial charge in [0.2, 0.25) is 0 Å². The Hall–Kier alpha value is 0.177. The van der Waals surface area contributed by atoms with Gasteiger partial charge in [0, 0.05) is 0 Å². The van der Waals surface area contributed by atoms with Crippen LogP contribution >= 0.6 is 0 Å². The summed E-state index contributed by atoms with van der Waals surface area (Å²) in [7, 11) is -1.48. The molecule has 0 spiro atoms. The summed E-state index contributed by atoms with van der Waals surface area (Å²) in [5.41, 5.74) is 1.60. The fourth-order valence-electron chi connectivity index (χ4n) is 8.71. The van der Waals surface area contributed by atoms with Gasteiger partial charge < -0.3 is 4.43 Å². The third-order valence-corrected chi connectivity index (χ3v) is 10.8. The molecule has 0 saturated heterocycles. The molecular weight excluding hydrogens is 332 g/mol. The number of rotatable bonds is 2. The highest BCUT2D eigenvalue weighted by Gasteiger charge is 2.62.